The minimum Gasteiger partial charge on any atom is -0.316 e. The smallest absolute Gasteiger partial charge is 0.261 e. The first kappa shape index (κ1) is 15.5. The van der Waals surface area contributed by atoms with Crippen molar-refractivity contribution < 1.29 is 8.42 Å². The second-order valence-electron chi connectivity index (χ2n) is 5.10. The molecule has 0 saturated carbocycles. The molecule has 21 heavy (non-hydrogen) atoms. The lowest BCUT2D eigenvalue weighted by molar-refractivity contribution is 0.601. The molecular weight excluding hydrogens is 284 g/mol. The number of sulfonamides is 1. The van der Waals surface area contributed by atoms with Crippen molar-refractivity contribution in [1.82, 2.24) is 5.32 Å². The highest BCUT2D eigenvalue weighted by atomic mass is 32.2. The maximum absolute atomic E-state index is 12.5. The summed E-state index contributed by atoms with van der Waals surface area (Å²) in [5.74, 6) is 0. The van der Waals surface area contributed by atoms with E-state index in [0.717, 1.165) is 16.7 Å². The Kier molecular flexibility index (Phi) is 4.65. The maximum atomic E-state index is 12.5. The quantitative estimate of drug-likeness (QED) is 0.893. The third-order valence-corrected chi connectivity index (χ3v) is 4.59. The van der Waals surface area contributed by atoms with Crippen LogP contribution in [0, 0.1) is 13.8 Å². The van der Waals surface area contributed by atoms with Crippen LogP contribution in [0.5, 0.6) is 0 Å². The molecule has 0 aliphatic heterocycles. The molecule has 0 bridgehead atoms. The van der Waals surface area contributed by atoms with Gasteiger partial charge in [-0.1, -0.05) is 24.3 Å². The van der Waals surface area contributed by atoms with Crippen molar-refractivity contribution in [2.45, 2.75) is 25.3 Å². The average molecular weight is 304 g/mol. The molecule has 0 amide bonds. The summed E-state index contributed by atoms with van der Waals surface area (Å²) in [4.78, 5) is 0.274. The van der Waals surface area contributed by atoms with Crippen molar-refractivity contribution >= 4 is 15.7 Å². The van der Waals surface area contributed by atoms with Crippen LogP contribution in [0.3, 0.4) is 0 Å². The largest absolute Gasteiger partial charge is 0.316 e. The van der Waals surface area contributed by atoms with E-state index in [0.29, 0.717) is 12.2 Å². The highest BCUT2D eigenvalue weighted by Gasteiger charge is 2.15. The monoisotopic (exact) mass is 304 g/mol. The van der Waals surface area contributed by atoms with Crippen molar-refractivity contribution in [2.24, 2.45) is 0 Å². The maximum Gasteiger partial charge on any atom is 0.261 e. The number of nitrogens with one attached hydrogen (secondary N) is 2. The molecule has 2 aromatic carbocycles. The predicted molar refractivity (Wildman–Crippen MR) is 85.9 cm³/mol. The van der Waals surface area contributed by atoms with Gasteiger partial charge in [-0.15, -0.1) is 0 Å². The minimum absolute atomic E-state index is 0.274. The molecule has 0 aliphatic rings. The summed E-state index contributed by atoms with van der Waals surface area (Å²) in [5.41, 5.74) is 3.47. The van der Waals surface area contributed by atoms with Crippen molar-refractivity contribution in [1.29, 1.82) is 0 Å². The second kappa shape index (κ2) is 6.28. The van der Waals surface area contributed by atoms with E-state index in [1.165, 1.54) is 0 Å². The molecule has 2 N–H and O–H groups in total. The van der Waals surface area contributed by atoms with Gasteiger partial charge in [0.2, 0.25) is 0 Å². The zero-order chi connectivity index (χ0) is 15.5. The fourth-order valence-electron chi connectivity index (χ4n) is 2.08. The van der Waals surface area contributed by atoms with E-state index in [1.54, 1.807) is 18.2 Å². The van der Waals surface area contributed by atoms with Crippen LogP contribution in [0.4, 0.5) is 5.69 Å². The number of aryl methyl sites for hydroxylation is 2. The van der Waals surface area contributed by atoms with Crippen molar-refractivity contribution in [3.05, 3.63) is 59.2 Å². The summed E-state index contributed by atoms with van der Waals surface area (Å²) in [6.07, 6.45) is 0. The van der Waals surface area contributed by atoms with Crippen molar-refractivity contribution in [2.75, 3.05) is 11.8 Å². The molecule has 0 atom stereocenters. The fourth-order valence-corrected chi connectivity index (χ4v) is 3.27. The molecular formula is C16H20N2O2S. The van der Waals surface area contributed by atoms with Crippen LogP contribution in [0.25, 0.3) is 0 Å². The summed E-state index contributed by atoms with van der Waals surface area (Å²) in [6.45, 7) is 4.45. The first-order valence-corrected chi connectivity index (χ1v) is 8.24. The Morgan fingerprint density at radius 2 is 1.81 bits per heavy atom. The van der Waals surface area contributed by atoms with E-state index in [1.807, 2.05) is 45.2 Å². The lowest BCUT2D eigenvalue weighted by Gasteiger charge is -2.12. The molecule has 0 saturated heterocycles. The van der Waals surface area contributed by atoms with Crippen LogP contribution >= 0.6 is 0 Å². The molecule has 5 heteroatoms. The number of hydrogen-bond acceptors (Lipinski definition) is 3. The summed E-state index contributed by atoms with van der Waals surface area (Å²) in [7, 11) is -1.74. The SMILES string of the molecule is CNCc1cccc(S(=O)(=O)Nc2cc(C)ccc2C)c1. The van der Waals surface area contributed by atoms with Gasteiger partial charge in [0.15, 0.2) is 0 Å². The summed E-state index contributed by atoms with van der Waals surface area (Å²) in [6, 6.07) is 12.6. The molecule has 0 fully saturated rings. The minimum atomic E-state index is -3.57. The number of hydrogen-bond donors (Lipinski definition) is 2. The summed E-state index contributed by atoms with van der Waals surface area (Å²) >= 11 is 0. The van der Waals surface area contributed by atoms with Gasteiger partial charge in [0.25, 0.3) is 10.0 Å². The van der Waals surface area contributed by atoms with Crippen LogP contribution in [-0.2, 0) is 16.6 Å². The zero-order valence-electron chi connectivity index (χ0n) is 12.5. The van der Waals surface area contributed by atoms with Crippen LogP contribution in [0.15, 0.2) is 47.4 Å². The highest BCUT2D eigenvalue weighted by Crippen LogP contribution is 2.21. The molecule has 2 aromatic rings. The molecule has 112 valence electrons. The molecule has 0 spiro atoms. The van der Waals surface area contributed by atoms with E-state index in [-0.39, 0.29) is 4.90 Å². The Bertz CT molecular complexity index is 740. The standard InChI is InChI=1S/C16H20N2O2S/c1-12-7-8-13(2)16(9-12)18-21(19,20)15-6-4-5-14(10-15)11-17-3/h4-10,17-18H,11H2,1-3H3. The van der Waals surface area contributed by atoms with E-state index in [4.69, 9.17) is 0 Å². The molecule has 0 unspecified atom stereocenters. The van der Waals surface area contributed by atoms with Gasteiger partial charge in [0.1, 0.15) is 0 Å². The Labute approximate surface area is 126 Å². The van der Waals surface area contributed by atoms with Crippen molar-refractivity contribution in [3.63, 3.8) is 0 Å². The van der Waals surface area contributed by atoms with Gasteiger partial charge >= 0.3 is 0 Å². The molecule has 0 radical (unpaired) electrons. The molecule has 4 nitrogen and oxygen atoms in total. The fraction of sp³-hybridized carbons (Fsp3) is 0.250. The van der Waals surface area contributed by atoms with Crippen LogP contribution < -0.4 is 10.0 Å². The first-order chi connectivity index (χ1) is 9.92. The number of rotatable bonds is 5. The van der Waals surface area contributed by atoms with E-state index in [2.05, 4.69) is 10.0 Å². The lowest BCUT2D eigenvalue weighted by Crippen LogP contribution is -2.14. The number of anilines is 1. The van der Waals surface area contributed by atoms with Gasteiger partial charge in [-0.3, -0.25) is 4.72 Å². The zero-order valence-corrected chi connectivity index (χ0v) is 13.3. The van der Waals surface area contributed by atoms with Gasteiger partial charge in [0, 0.05) is 6.54 Å². The second-order valence-corrected chi connectivity index (χ2v) is 6.78. The molecule has 0 heterocycles. The number of benzene rings is 2. The Morgan fingerprint density at radius 1 is 1.05 bits per heavy atom. The Hall–Kier alpha value is -1.85. The Balaban J connectivity index is 2.34. The average Bonchev–Trinajstić information content (AvgIpc) is 2.43. The third kappa shape index (κ3) is 3.83. The van der Waals surface area contributed by atoms with Gasteiger partial charge < -0.3 is 5.32 Å². The first-order valence-electron chi connectivity index (χ1n) is 6.76. The molecule has 2 rings (SSSR count). The van der Waals surface area contributed by atoms with Crippen LogP contribution in [-0.4, -0.2) is 15.5 Å². The third-order valence-electron chi connectivity index (χ3n) is 3.23. The van der Waals surface area contributed by atoms with E-state index < -0.39 is 10.0 Å². The van der Waals surface area contributed by atoms with E-state index >= 15 is 0 Å². The molecule has 0 aliphatic carbocycles. The van der Waals surface area contributed by atoms with E-state index in [9.17, 15) is 8.42 Å². The van der Waals surface area contributed by atoms with Crippen LogP contribution in [0.2, 0.25) is 0 Å². The molecule has 0 aromatic heterocycles. The van der Waals surface area contributed by atoms with Gasteiger partial charge in [0.05, 0.1) is 10.6 Å². The van der Waals surface area contributed by atoms with Gasteiger partial charge in [-0.05, 0) is 55.8 Å². The topological polar surface area (TPSA) is 58.2 Å². The van der Waals surface area contributed by atoms with Gasteiger partial charge in [-0.2, -0.15) is 0 Å². The highest BCUT2D eigenvalue weighted by molar-refractivity contribution is 7.92. The Morgan fingerprint density at radius 3 is 2.52 bits per heavy atom. The van der Waals surface area contributed by atoms with Gasteiger partial charge in [-0.25, -0.2) is 8.42 Å². The normalized spacial score (nSPS) is 11.4. The van der Waals surface area contributed by atoms with Crippen LogP contribution in [0.1, 0.15) is 16.7 Å². The lowest BCUT2D eigenvalue weighted by atomic mass is 10.1. The summed E-state index contributed by atoms with van der Waals surface area (Å²) < 4.78 is 27.6. The summed E-state index contributed by atoms with van der Waals surface area (Å²) in [5, 5.41) is 3.01. The predicted octanol–water partition coefficient (Wildman–Crippen LogP) is 2.82. The van der Waals surface area contributed by atoms with Crippen molar-refractivity contribution in [3.8, 4) is 0 Å².